The topological polar surface area (TPSA) is 51.2 Å². The Kier molecular flexibility index (Phi) is 3.62. The van der Waals surface area contributed by atoms with E-state index in [1.54, 1.807) is 0 Å². The van der Waals surface area contributed by atoms with Crippen molar-refractivity contribution in [3.05, 3.63) is 0 Å². The van der Waals surface area contributed by atoms with E-state index >= 15 is 0 Å². The maximum Gasteiger partial charge on any atom is 0.150 e. The van der Waals surface area contributed by atoms with Crippen LogP contribution in [0.4, 0.5) is 0 Å². The fourth-order valence-electron chi connectivity index (χ4n) is 3.29. The second kappa shape index (κ2) is 4.71. The summed E-state index contributed by atoms with van der Waals surface area (Å²) in [6, 6.07) is 0. The number of carbonyl (C=O) groups is 1. The van der Waals surface area contributed by atoms with Crippen molar-refractivity contribution in [1.29, 1.82) is 0 Å². The second-order valence-corrected chi connectivity index (χ2v) is 8.24. The zero-order chi connectivity index (χ0) is 12.6. The van der Waals surface area contributed by atoms with Crippen molar-refractivity contribution >= 4 is 15.6 Å². The standard InChI is InChI=1S/C13H22O3S/c1-9(2)10-3-4-13(14)12(7-10)11-5-6-17(15,16)8-11/h9-12H,3-8H2,1-2H3. The van der Waals surface area contributed by atoms with Crippen LogP contribution in [0.15, 0.2) is 0 Å². The first-order valence-electron chi connectivity index (χ1n) is 6.62. The quantitative estimate of drug-likeness (QED) is 0.762. The maximum atomic E-state index is 12.0. The molecule has 1 heterocycles. The minimum absolute atomic E-state index is 0.0217. The van der Waals surface area contributed by atoms with Crippen LogP contribution < -0.4 is 0 Å². The third-order valence-electron chi connectivity index (χ3n) is 4.51. The van der Waals surface area contributed by atoms with Gasteiger partial charge in [0.25, 0.3) is 0 Å². The maximum absolute atomic E-state index is 12.0. The Morgan fingerprint density at radius 3 is 2.47 bits per heavy atom. The van der Waals surface area contributed by atoms with E-state index in [0.717, 1.165) is 12.8 Å². The van der Waals surface area contributed by atoms with Crippen LogP contribution in [0.1, 0.15) is 39.5 Å². The van der Waals surface area contributed by atoms with E-state index < -0.39 is 9.84 Å². The largest absolute Gasteiger partial charge is 0.299 e. The number of rotatable bonds is 2. The Bertz CT molecular complexity index is 397. The van der Waals surface area contributed by atoms with E-state index in [4.69, 9.17) is 0 Å². The lowest BCUT2D eigenvalue weighted by Crippen LogP contribution is -2.33. The fraction of sp³-hybridized carbons (Fsp3) is 0.923. The lowest BCUT2D eigenvalue weighted by Gasteiger charge is -2.33. The molecule has 98 valence electrons. The number of hydrogen-bond acceptors (Lipinski definition) is 3. The summed E-state index contributed by atoms with van der Waals surface area (Å²) in [4.78, 5) is 12.0. The van der Waals surface area contributed by atoms with Gasteiger partial charge in [-0.1, -0.05) is 13.8 Å². The summed E-state index contributed by atoms with van der Waals surface area (Å²) in [6.45, 7) is 4.39. The van der Waals surface area contributed by atoms with Crippen LogP contribution in [0.5, 0.6) is 0 Å². The molecule has 2 aliphatic rings. The highest BCUT2D eigenvalue weighted by Gasteiger charge is 2.40. The average molecular weight is 258 g/mol. The van der Waals surface area contributed by atoms with Gasteiger partial charge in [0.2, 0.25) is 0 Å². The molecule has 2 fully saturated rings. The summed E-state index contributed by atoms with van der Waals surface area (Å²) in [7, 11) is -2.86. The number of Topliss-reactive ketones (excluding diaryl/α,β-unsaturated/α-hetero) is 1. The third-order valence-corrected chi connectivity index (χ3v) is 6.31. The minimum Gasteiger partial charge on any atom is -0.299 e. The molecule has 0 radical (unpaired) electrons. The average Bonchev–Trinajstić information content (AvgIpc) is 2.59. The number of hydrogen-bond donors (Lipinski definition) is 0. The predicted molar refractivity (Wildman–Crippen MR) is 67.4 cm³/mol. The molecule has 3 atom stereocenters. The first-order valence-corrected chi connectivity index (χ1v) is 8.44. The van der Waals surface area contributed by atoms with E-state index in [-0.39, 0.29) is 23.3 Å². The first-order chi connectivity index (χ1) is 7.89. The summed E-state index contributed by atoms with van der Waals surface area (Å²) < 4.78 is 23.0. The molecule has 1 saturated heterocycles. The van der Waals surface area contributed by atoms with Gasteiger partial charge in [-0.25, -0.2) is 8.42 Å². The van der Waals surface area contributed by atoms with Gasteiger partial charge in [0.1, 0.15) is 5.78 Å². The van der Waals surface area contributed by atoms with E-state index in [1.807, 2.05) is 0 Å². The fourth-order valence-corrected chi connectivity index (χ4v) is 5.17. The molecule has 2 rings (SSSR count). The van der Waals surface area contributed by atoms with Crippen LogP contribution >= 0.6 is 0 Å². The van der Waals surface area contributed by atoms with Crippen molar-refractivity contribution in [1.82, 2.24) is 0 Å². The van der Waals surface area contributed by atoms with Gasteiger partial charge < -0.3 is 0 Å². The van der Waals surface area contributed by atoms with Crippen LogP contribution in [0, 0.1) is 23.7 Å². The molecule has 17 heavy (non-hydrogen) atoms. The molecule has 1 aliphatic carbocycles. The van der Waals surface area contributed by atoms with Gasteiger partial charge >= 0.3 is 0 Å². The number of sulfone groups is 1. The zero-order valence-electron chi connectivity index (χ0n) is 10.7. The second-order valence-electron chi connectivity index (χ2n) is 6.01. The summed E-state index contributed by atoms with van der Waals surface area (Å²) in [6.07, 6.45) is 3.26. The van der Waals surface area contributed by atoms with Gasteiger partial charge in [-0.05, 0) is 37.0 Å². The van der Waals surface area contributed by atoms with Crippen molar-refractivity contribution in [2.75, 3.05) is 11.5 Å². The van der Waals surface area contributed by atoms with Crippen molar-refractivity contribution < 1.29 is 13.2 Å². The Labute approximate surface area is 104 Å². The summed E-state index contributed by atoms with van der Waals surface area (Å²) in [5.74, 6) is 2.17. The lowest BCUT2D eigenvalue weighted by molar-refractivity contribution is -0.127. The molecule has 0 spiro atoms. The molecule has 3 nitrogen and oxygen atoms in total. The smallest absolute Gasteiger partial charge is 0.150 e. The highest BCUT2D eigenvalue weighted by Crippen LogP contribution is 2.38. The molecule has 1 aliphatic heterocycles. The molecule has 0 N–H and O–H groups in total. The molecular weight excluding hydrogens is 236 g/mol. The molecule has 0 amide bonds. The molecule has 4 heteroatoms. The van der Waals surface area contributed by atoms with E-state index in [9.17, 15) is 13.2 Å². The van der Waals surface area contributed by atoms with Gasteiger partial charge in [-0.2, -0.15) is 0 Å². The summed E-state index contributed by atoms with van der Waals surface area (Å²) >= 11 is 0. The van der Waals surface area contributed by atoms with Gasteiger partial charge in [-0.15, -0.1) is 0 Å². The number of ketones is 1. The molecule has 0 aromatic rings. The summed E-state index contributed by atoms with van der Waals surface area (Å²) in [5, 5.41) is 0. The Hall–Kier alpha value is -0.380. The van der Waals surface area contributed by atoms with E-state index in [0.29, 0.717) is 30.5 Å². The highest BCUT2D eigenvalue weighted by atomic mass is 32.2. The van der Waals surface area contributed by atoms with Crippen LogP contribution in [0.3, 0.4) is 0 Å². The van der Waals surface area contributed by atoms with Gasteiger partial charge in [-0.3, -0.25) is 4.79 Å². The highest BCUT2D eigenvalue weighted by molar-refractivity contribution is 7.91. The van der Waals surface area contributed by atoms with Crippen molar-refractivity contribution in [2.24, 2.45) is 23.7 Å². The van der Waals surface area contributed by atoms with E-state index in [2.05, 4.69) is 13.8 Å². The van der Waals surface area contributed by atoms with Crippen molar-refractivity contribution in [2.45, 2.75) is 39.5 Å². The Morgan fingerprint density at radius 1 is 1.24 bits per heavy atom. The molecule has 0 aromatic heterocycles. The van der Waals surface area contributed by atoms with Gasteiger partial charge in [0.15, 0.2) is 9.84 Å². The minimum atomic E-state index is -2.86. The lowest BCUT2D eigenvalue weighted by atomic mass is 9.71. The van der Waals surface area contributed by atoms with Crippen LogP contribution in [0.25, 0.3) is 0 Å². The SMILES string of the molecule is CC(C)C1CCC(=O)C(C2CCS(=O)(=O)C2)C1. The van der Waals surface area contributed by atoms with Crippen molar-refractivity contribution in [3.63, 3.8) is 0 Å². The Balaban J connectivity index is 2.06. The third kappa shape index (κ3) is 2.90. The van der Waals surface area contributed by atoms with Crippen molar-refractivity contribution in [3.8, 4) is 0 Å². The molecule has 0 bridgehead atoms. The van der Waals surface area contributed by atoms with Gasteiger partial charge in [0.05, 0.1) is 11.5 Å². The van der Waals surface area contributed by atoms with Crippen LogP contribution in [-0.2, 0) is 14.6 Å². The summed E-state index contributed by atoms with van der Waals surface area (Å²) in [5.41, 5.74) is 0. The molecule has 1 saturated carbocycles. The molecular formula is C13H22O3S. The van der Waals surface area contributed by atoms with Crippen LogP contribution in [0.2, 0.25) is 0 Å². The number of carbonyl (C=O) groups excluding carboxylic acids is 1. The Morgan fingerprint density at radius 2 is 1.94 bits per heavy atom. The molecule has 3 unspecified atom stereocenters. The van der Waals surface area contributed by atoms with Crippen LogP contribution in [-0.4, -0.2) is 25.7 Å². The van der Waals surface area contributed by atoms with Gasteiger partial charge in [0, 0.05) is 12.3 Å². The normalized spacial score (nSPS) is 37.6. The monoisotopic (exact) mass is 258 g/mol. The molecule has 0 aromatic carbocycles. The first kappa shape index (κ1) is 13.1. The predicted octanol–water partition coefficient (Wildman–Crippen LogP) is 2.06. The zero-order valence-corrected chi connectivity index (χ0v) is 11.5. The van der Waals surface area contributed by atoms with E-state index in [1.165, 1.54) is 0 Å².